The molecule has 3 aliphatic rings. The lowest BCUT2D eigenvalue weighted by molar-refractivity contribution is -0.159. The van der Waals surface area contributed by atoms with E-state index in [0.29, 0.717) is 25.9 Å². The second-order valence-electron chi connectivity index (χ2n) is 5.72. The zero-order valence-corrected chi connectivity index (χ0v) is 11.0. The quantitative estimate of drug-likeness (QED) is 0.750. The molecule has 2 aliphatic heterocycles. The maximum absolute atomic E-state index is 12.5. The fourth-order valence-corrected chi connectivity index (χ4v) is 3.71. The Morgan fingerprint density at radius 2 is 1.89 bits per heavy atom. The monoisotopic (exact) mass is 253 g/mol. The molecule has 4 heteroatoms. The van der Waals surface area contributed by atoms with Crippen molar-refractivity contribution in [1.29, 1.82) is 0 Å². The molecule has 0 aromatic rings. The molecule has 1 amide bonds. The second kappa shape index (κ2) is 5.57. The first-order valence-electron chi connectivity index (χ1n) is 7.36. The summed E-state index contributed by atoms with van der Waals surface area (Å²) < 4.78 is 10.9. The molecule has 1 saturated carbocycles. The number of ether oxygens (including phenoxy) is 2. The third kappa shape index (κ3) is 2.41. The Morgan fingerprint density at radius 1 is 1.06 bits per heavy atom. The molecular formula is C14H23NO3. The zero-order valence-electron chi connectivity index (χ0n) is 11.0. The Balaban J connectivity index is 1.63. The van der Waals surface area contributed by atoms with Gasteiger partial charge >= 0.3 is 0 Å². The largest absolute Gasteiger partial charge is 0.376 e. The van der Waals surface area contributed by atoms with Gasteiger partial charge in [-0.15, -0.1) is 0 Å². The summed E-state index contributed by atoms with van der Waals surface area (Å²) in [7, 11) is 0. The van der Waals surface area contributed by atoms with Gasteiger partial charge in [-0.2, -0.15) is 0 Å². The van der Waals surface area contributed by atoms with Crippen molar-refractivity contribution in [2.24, 2.45) is 5.92 Å². The number of amides is 1. The Kier molecular flexibility index (Phi) is 3.85. The molecule has 3 rings (SSSR count). The van der Waals surface area contributed by atoms with Gasteiger partial charge in [-0.1, -0.05) is 12.8 Å². The first kappa shape index (κ1) is 12.4. The lowest BCUT2D eigenvalue weighted by atomic mass is 9.96. The Bertz CT molecular complexity index is 295. The summed E-state index contributed by atoms with van der Waals surface area (Å²) in [4.78, 5) is 14.6. The summed E-state index contributed by atoms with van der Waals surface area (Å²) in [6.45, 7) is 2.53. The molecular weight excluding hydrogens is 230 g/mol. The maximum Gasteiger partial charge on any atom is 0.254 e. The summed E-state index contributed by atoms with van der Waals surface area (Å²) in [6.07, 6.45) is 7.27. The van der Waals surface area contributed by atoms with Crippen LogP contribution in [-0.4, -0.2) is 49.3 Å². The molecule has 0 aromatic heterocycles. The number of rotatable bonds is 2. The van der Waals surface area contributed by atoms with Crippen LogP contribution >= 0.6 is 0 Å². The van der Waals surface area contributed by atoms with Gasteiger partial charge < -0.3 is 14.4 Å². The molecule has 0 N–H and O–H groups in total. The summed E-state index contributed by atoms with van der Waals surface area (Å²) in [5.74, 6) is 0.907. The normalized spacial score (nSPS) is 34.1. The van der Waals surface area contributed by atoms with Crippen molar-refractivity contribution in [2.75, 3.05) is 26.4 Å². The summed E-state index contributed by atoms with van der Waals surface area (Å²) >= 11 is 0. The van der Waals surface area contributed by atoms with E-state index < -0.39 is 0 Å². The van der Waals surface area contributed by atoms with E-state index in [1.165, 1.54) is 32.1 Å². The number of hydrogen-bond acceptors (Lipinski definition) is 3. The molecule has 18 heavy (non-hydrogen) atoms. The predicted octanol–water partition coefficient (Wildman–Crippen LogP) is 1.58. The number of nitrogens with zero attached hydrogens (tertiary/aromatic N) is 1. The van der Waals surface area contributed by atoms with Gasteiger partial charge in [0, 0.05) is 12.6 Å². The minimum atomic E-state index is -0.347. The van der Waals surface area contributed by atoms with Crippen LogP contribution in [0.15, 0.2) is 0 Å². The van der Waals surface area contributed by atoms with Crippen LogP contribution in [0.25, 0.3) is 0 Å². The second-order valence-corrected chi connectivity index (χ2v) is 5.72. The molecule has 1 aliphatic carbocycles. The van der Waals surface area contributed by atoms with E-state index in [9.17, 15) is 4.79 Å². The average molecular weight is 253 g/mol. The first-order chi connectivity index (χ1) is 8.86. The van der Waals surface area contributed by atoms with Gasteiger partial charge in [-0.3, -0.25) is 4.79 Å². The van der Waals surface area contributed by atoms with E-state index in [1.54, 1.807) is 0 Å². The molecule has 0 bridgehead atoms. The SMILES string of the molecule is O=C(C1COCCO1)N1CCCC1C1CCCC1. The zero-order chi connectivity index (χ0) is 12.4. The van der Waals surface area contributed by atoms with Crippen molar-refractivity contribution >= 4 is 5.91 Å². The molecule has 4 nitrogen and oxygen atoms in total. The number of carbonyl (C=O) groups is 1. The molecule has 2 saturated heterocycles. The number of hydrogen-bond donors (Lipinski definition) is 0. The van der Waals surface area contributed by atoms with Crippen molar-refractivity contribution < 1.29 is 14.3 Å². The lowest BCUT2D eigenvalue weighted by Crippen LogP contribution is -2.48. The van der Waals surface area contributed by atoms with Gasteiger partial charge in [0.25, 0.3) is 5.91 Å². The van der Waals surface area contributed by atoms with Crippen LogP contribution in [0.1, 0.15) is 38.5 Å². The Morgan fingerprint density at radius 3 is 2.61 bits per heavy atom. The molecule has 0 spiro atoms. The van der Waals surface area contributed by atoms with Gasteiger partial charge in [0.1, 0.15) is 0 Å². The van der Waals surface area contributed by atoms with Gasteiger partial charge in [-0.25, -0.2) is 0 Å². The third-order valence-electron chi connectivity index (χ3n) is 4.62. The minimum absolute atomic E-state index is 0.170. The average Bonchev–Trinajstić information content (AvgIpc) is 3.09. The predicted molar refractivity (Wildman–Crippen MR) is 67.3 cm³/mol. The van der Waals surface area contributed by atoms with E-state index in [0.717, 1.165) is 18.9 Å². The van der Waals surface area contributed by atoms with Gasteiger partial charge in [0.15, 0.2) is 6.10 Å². The summed E-state index contributed by atoms with van der Waals surface area (Å²) in [5.41, 5.74) is 0. The van der Waals surface area contributed by atoms with Crippen LogP contribution < -0.4 is 0 Å². The highest BCUT2D eigenvalue weighted by molar-refractivity contribution is 5.81. The fourth-order valence-electron chi connectivity index (χ4n) is 3.71. The van der Waals surface area contributed by atoms with E-state index in [2.05, 4.69) is 4.90 Å². The van der Waals surface area contributed by atoms with Crippen LogP contribution in [0.5, 0.6) is 0 Å². The minimum Gasteiger partial charge on any atom is -0.376 e. The first-order valence-corrected chi connectivity index (χ1v) is 7.36. The lowest BCUT2D eigenvalue weighted by Gasteiger charge is -2.33. The fraction of sp³-hybridized carbons (Fsp3) is 0.929. The molecule has 2 unspecified atom stereocenters. The van der Waals surface area contributed by atoms with Crippen LogP contribution in [0.3, 0.4) is 0 Å². The molecule has 0 aromatic carbocycles. The van der Waals surface area contributed by atoms with Gasteiger partial charge in [-0.05, 0) is 31.6 Å². The smallest absolute Gasteiger partial charge is 0.254 e. The molecule has 2 atom stereocenters. The van der Waals surface area contributed by atoms with Crippen LogP contribution in [0.4, 0.5) is 0 Å². The van der Waals surface area contributed by atoms with Crippen molar-refractivity contribution in [3.8, 4) is 0 Å². The number of likely N-dealkylation sites (tertiary alicyclic amines) is 1. The van der Waals surface area contributed by atoms with E-state index in [4.69, 9.17) is 9.47 Å². The topological polar surface area (TPSA) is 38.8 Å². The van der Waals surface area contributed by atoms with Crippen molar-refractivity contribution in [1.82, 2.24) is 4.90 Å². The van der Waals surface area contributed by atoms with E-state index in [-0.39, 0.29) is 12.0 Å². The number of carbonyl (C=O) groups excluding carboxylic acids is 1. The summed E-state index contributed by atoms with van der Waals surface area (Å²) in [5, 5.41) is 0. The Hall–Kier alpha value is -0.610. The van der Waals surface area contributed by atoms with Crippen LogP contribution in [0.2, 0.25) is 0 Å². The highest BCUT2D eigenvalue weighted by Crippen LogP contribution is 2.35. The van der Waals surface area contributed by atoms with Crippen molar-refractivity contribution in [3.05, 3.63) is 0 Å². The van der Waals surface area contributed by atoms with Gasteiger partial charge in [0.05, 0.1) is 19.8 Å². The van der Waals surface area contributed by atoms with E-state index >= 15 is 0 Å². The third-order valence-corrected chi connectivity index (χ3v) is 4.62. The summed E-state index contributed by atoms with van der Waals surface area (Å²) in [6, 6.07) is 0.477. The highest BCUT2D eigenvalue weighted by atomic mass is 16.6. The highest BCUT2D eigenvalue weighted by Gasteiger charge is 2.39. The van der Waals surface area contributed by atoms with Crippen molar-refractivity contribution in [3.63, 3.8) is 0 Å². The molecule has 3 fully saturated rings. The maximum atomic E-state index is 12.5. The molecule has 102 valence electrons. The van der Waals surface area contributed by atoms with Gasteiger partial charge in [0.2, 0.25) is 0 Å². The van der Waals surface area contributed by atoms with Crippen molar-refractivity contribution in [2.45, 2.75) is 50.7 Å². The van der Waals surface area contributed by atoms with Crippen LogP contribution in [0, 0.1) is 5.92 Å². The molecule has 0 radical (unpaired) electrons. The molecule has 2 heterocycles. The van der Waals surface area contributed by atoms with E-state index in [1.807, 2.05) is 0 Å². The standard InChI is InChI=1S/C14H23NO3/c16-14(13-10-17-8-9-18-13)15-7-3-6-12(15)11-4-1-2-5-11/h11-13H,1-10H2. The van der Waals surface area contributed by atoms with Crippen LogP contribution in [-0.2, 0) is 14.3 Å². The Labute approximate surface area is 109 Å².